The summed E-state index contributed by atoms with van der Waals surface area (Å²) >= 11 is 6.70. The van der Waals surface area contributed by atoms with Crippen molar-refractivity contribution in [3.05, 3.63) is 26.6 Å². The number of benzene rings is 1. The van der Waals surface area contributed by atoms with Gasteiger partial charge in [-0.05, 0) is 62.9 Å². The topological polar surface area (TPSA) is 78.4 Å². The third-order valence-electron chi connectivity index (χ3n) is 2.44. The SMILES string of the molecule is CCC(NC(=O)Nc1c(Br)cc(C)cc1Br)C(=O)O. The predicted octanol–water partition coefficient (Wildman–Crippen LogP) is 3.50. The Morgan fingerprint density at radius 1 is 1.32 bits per heavy atom. The van der Waals surface area contributed by atoms with Crippen molar-refractivity contribution in [2.75, 3.05) is 5.32 Å². The van der Waals surface area contributed by atoms with E-state index in [2.05, 4.69) is 42.5 Å². The second kappa shape index (κ2) is 6.91. The average Bonchev–Trinajstić information content (AvgIpc) is 2.30. The summed E-state index contributed by atoms with van der Waals surface area (Å²) < 4.78 is 1.44. The predicted molar refractivity (Wildman–Crippen MR) is 80.4 cm³/mol. The summed E-state index contributed by atoms with van der Waals surface area (Å²) in [4.78, 5) is 22.6. The van der Waals surface area contributed by atoms with Crippen LogP contribution in [0.4, 0.5) is 10.5 Å². The Labute approximate surface area is 128 Å². The first kappa shape index (κ1) is 16.0. The van der Waals surface area contributed by atoms with Crippen LogP contribution in [0, 0.1) is 6.92 Å². The minimum absolute atomic E-state index is 0.318. The van der Waals surface area contributed by atoms with Crippen LogP contribution in [0.2, 0.25) is 0 Å². The van der Waals surface area contributed by atoms with Crippen LogP contribution >= 0.6 is 31.9 Å². The highest BCUT2D eigenvalue weighted by molar-refractivity contribution is 9.11. The first-order valence-corrected chi connectivity index (χ1v) is 7.19. The lowest BCUT2D eigenvalue weighted by Gasteiger charge is -2.15. The highest BCUT2D eigenvalue weighted by Crippen LogP contribution is 2.32. The zero-order valence-electron chi connectivity index (χ0n) is 10.5. The molecule has 0 aromatic heterocycles. The third-order valence-corrected chi connectivity index (χ3v) is 3.69. The normalized spacial score (nSPS) is 11.8. The molecule has 0 spiro atoms. The number of rotatable bonds is 4. The standard InChI is InChI=1S/C12H14Br2N2O3/c1-3-9(11(17)18)15-12(19)16-10-7(13)4-6(2)5-8(10)14/h4-5,9H,3H2,1-2H3,(H,17,18)(H2,15,16,19). The van der Waals surface area contributed by atoms with Gasteiger partial charge in [-0.1, -0.05) is 6.92 Å². The number of nitrogens with one attached hydrogen (secondary N) is 2. The number of anilines is 1. The van der Waals surface area contributed by atoms with Gasteiger partial charge < -0.3 is 15.7 Å². The summed E-state index contributed by atoms with van der Waals surface area (Å²) in [6, 6.07) is 2.26. The number of amides is 2. The van der Waals surface area contributed by atoms with Crippen LogP contribution in [0.25, 0.3) is 0 Å². The van der Waals surface area contributed by atoms with Crippen molar-refractivity contribution in [2.45, 2.75) is 26.3 Å². The summed E-state index contributed by atoms with van der Waals surface area (Å²) in [6.45, 7) is 3.62. The van der Waals surface area contributed by atoms with Gasteiger partial charge in [0, 0.05) is 8.95 Å². The van der Waals surface area contributed by atoms with Crippen LogP contribution < -0.4 is 10.6 Å². The van der Waals surface area contributed by atoms with Crippen molar-refractivity contribution in [3.8, 4) is 0 Å². The molecule has 1 unspecified atom stereocenters. The van der Waals surface area contributed by atoms with Gasteiger partial charge in [0.1, 0.15) is 6.04 Å². The second-order valence-electron chi connectivity index (χ2n) is 4.00. The van der Waals surface area contributed by atoms with Crippen molar-refractivity contribution >= 4 is 49.5 Å². The number of hydrogen-bond donors (Lipinski definition) is 3. The fourth-order valence-corrected chi connectivity index (χ4v) is 3.08. The summed E-state index contributed by atoms with van der Waals surface area (Å²) in [5, 5.41) is 13.9. The molecule has 0 aliphatic heterocycles. The molecule has 19 heavy (non-hydrogen) atoms. The summed E-state index contributed by atoms with van der Waals surface area (Å²) in [5.41, 5.74) is 1.59. The van der Waals surface area contributed by atoms with E-state index in [9.17, 15) is 9.59 Å². The number of urea groups is 1. The highest BCUT2D eigenvalue weighted by atomic mass is 79.9. The maximum Gasteiger partial charge on any atom is 0.326 e. The first-order chi connectivity index (χ1) is 8.85. The van der Waals surface area contributed by atoms with Crippen LogP contribution in [0.1, 0.15) is 18.9 Å². The molecule has 0 bridgehead atoms. The molecule has 3 N–H and O–H groups in total. The number of hydrogen-bond acceptors (Lipinski definition) is 2. The minimum atomic E-state index is -1.06. The Morgan fingerprint density at radius 2 is 1.84 bits per heavy atom. The molecular weight excluding hydrogens is 380 g/mol. The van der Waals surface area contributed by atoms with Gasteiger partial charge in [-0.25, -0.2) is 9.59 Å². The summed E-state index contributed by atoms with van der Waals surface area (Å²) in [5.74, 6) is -1.06. The Kier molecular flexibility index (Phi) is 5.81. The zero-order valence-corrected chi connectivity index (χ0v) is 13.6. The number of carbonyl (C=O) groups is 2. The van der Waals surface area contributed by atoms with Crippen LogP contribution in [0.3, 0.4) is 0 Å². The van der Waals surface area contributed by atoms with Gasteiger partial charge in [0.05, 0.1) is 5.69 Å². The number of carboxylic acid groups (broad SMARTS) is 1. The van der Waals surface area contributed by atoms with Crippen LogP contribution in [0.15, 0.2) is 21.1 Å². The maximum atomic E-state index is 11.7. The van der Waals surface area contributed by atoms with E-state index in [0.717, 1.165) is 14.5 Å². The van der Waals surface area contributed by atoms with Gasteiger partial charge >= 0.3 is 12.0 Å². The zero-order chi connectivity index (χ0) is 14.6. The molecule has 0 saturated carbocycles. The van der Waals surface area contributed by atoms with Crippen LogP contribution in [-0.2, 0) is 4.79 Å². The number of halogens is 2. The second-order valence-corrected chi connectivity index (χ2v) is 5.71. The molecule has 1 atom stereocenters. The molecular formula is C12H14Br2N2O3. The monoisotopic (exact) mass is 392 g/mol. The lowest BCUT2D eigenvalue weighted by molar-refractivity contribution is -0.139. The van der Waals surface area contributed by atoms with Crippen molar-refractivity contribution in [1.82, 2.24) is 5.32 Å². The molecule has 0 aliphatic rings. The fourth-order valence-electron chi connectivity index (χ4n) is 1.47. The summed E-state index contributed by atoms with van der Waals surface area (Å²) in [6.07, 6.45) is 0.318. The maximum absolute atomic E-state index is 11.7. The van der Waals surface area contributed by atoms with Crippen molar-refractivity contribution in [3.63, 3.8) is 0 Å². The molecule has 0 saturated heterocycles. The molecule has 5 nitrogen and oxygen atoms in total. The van der Waals surface area contributed by atoms with Gasteiger partial charge in [0.15, 0.2) is 0 Å². The molecule has 0 fully saturated rings. The molecule has 104 valence electrons. The fraction of sp³-hybridized carbons (Fsp3) is 0.333. The van der Waals surface area contributed by atoms with E-state index in [4.69, 9.17) is 5.11 Å². The Balaban J connectivity index is 2.80. The van der Waals surface area contributed by atoms with Crippen LogP contribution in [-0.4, -0.2) is 23.1 Å². The third kappa shape index (κ3) is 4.50. The van der Waals surface area contributed by atoms with E-state index in [-0.39, 0.29) is 0 Å². The first-order valence-electron chi connectivity index (χ1n) is 5.61. The Morgan fingerprint density at radius 3 is 2.26 bits per heavy atom. The highest BCUT2D eigenvalue weighted by Gasteiger charge is 2.18. The number of aliphatic carboxylic acids is 1. The van der Waals surface area contributed by atoms with E-state index < -0.39 is 18.0 Å². The van der Waals surface area contributed by atoms with Gasteiger partial charge in [-0.3, -0.25) is 0 Å². The molecule has 0 radical (unpaired) electrons. The Bertz CT molecular complexity index is 483. The molecule has 1 aromatic rings. The molecule has 1 rings (SSSR count). The smallest absolute Gasteiger partial charge is 0.326 e. The van der Waals surface area contributed by atoms with E-state index in [1.807, 2.05) is 19.1 Å². The molecule has 7 heteroatoms. The lowest BCUT2D eigenvalue weighted by Crippen LogP contribution is -2.42. The number of carbonyl (C=O) groups excluding carboxylic acids is 1. The molecule has 0 heterocycles. The molecule has 1 aromatic carbocycles. The van der Waals surface area contributed by atoms with Gasteiger partial charge in [0.2, 0.25) is 0 Å². The van der Waals surface area contributed by atoms with Gasteiger partial charge in [0.25, 0.3) is 0 Å². The van der Waals surface area contributed by atoms with Crippen molar-refractivity contribution in [2.24, 2.45) is 0 Å². The van der Waals surface area contributed by atoms with Gasteiger partial charge in [-0.15, -0.1) is 0 Å². The van der Waals surface area contributed by atoms with Gasteiger partial charge in [-0.2, -0.15) is 0 Å². The van der Waals surface area contributed by atoms with Crippen molar-refractivity contribution < 1.29 is 14.7 Å². The molecule has 2 amide bonds. The largest absolute Gasteiger partial charge is 0.480 e. The Hall–Kier alpha value is -1.08. The average molecular weight is 394 g/mol. The van der Waals surface area contributed by atoms with E-state index >= 15 is 0 Å². The lowest BCUT2D eigenvalue weighted by atomic mass is 10.2. The van der Waals surface area contributed by atoms with Crippen molar-refractivity contribution in [1.29, 1.82) is 0 Å². The van der Waals surface area contributed by atoms with E-state index in [0.29, 0.717) is 12.1 Å². The minimum Gasteiger partial charge on any atom is -0.480 e. The van der Waals surface area contributed by atoms with E-state index in [1.54, 1.807) is 6.92 Å². The number of carboxylic acids is 1. The quantitative estimate of drug-likeness (QED) is 0.732. The molecule has 0 aliphatic carbocycles. The summed E-state index contributed by atoms with van der Waals surface area (Å²) in [7, 11) is 0. The van der Waals surface area contributed by atoms with E-state index in [1.165, 1.54) is 0 Å². The van der Waals surface area contributed by atoms with Crippen LogP contribution in [0.5, 0.6) is 0 Å². The number of aryl methyl sites for hydroxylation is 1.